The summed E-state index contributed by atoms with van der Waals surface area (Å²) in [5.41, 5.74) is 1.82. The number of amides is 2. The molecule has 1 unspecified atom stereocenters. The van der Waals surface area contributed by atoms with Gasteiger partial charge in [0, 0.05) is 36.8 Å². The minimum atomic E-state index is -1.17. The van der Waals surface area contributed by atoms with Gasteiger partial charge in [-0.05, 0) is 11.6 Å². The Kier molecular flexibility index (Phi) is 5.08. The monoisotopic (exact) mass is 374 g/mol. The first kappa shape index (κ1) is 18.4. The van der Waals surface area contributed by atoms with E-state index >= 15 is 0 Å². The van der Waals surface area contributed by atoms with Crippen molar-refractivity contribution in [1.29, 1.82) is 0 Å². The number of benzene rings is 1. The Morgan fingerprint density at radius 2 is 2.11 bits per heavy atom. The minimum Gasteiger partial charge on any atom is -0.494 e. The highest BCUT2D eigenvalue weighted by Gasteiger charge is 2.32. The molecule has 27 heavy (non-hydrogen) atoms. The van der Waals surface area contributed by atoms with Crippen LogP contribution in [0.15, 0.2) is 18.3 Å². The molecule has 0 saturated carbocycles. The summed E-state index contributed by atoms with van der Waals surface area (Å²) >= 11 is 0. The van der Waals surface area contributed by atoms with Crippen molar-refractivity contribution in [2.75, 3.05) is 31.5 Å². The molecule has 1 aliphatic heterocycles. The van der Waals surface area contributed by atoms with Crippen LogP contribution >= 0.6 is 0 Å². The normalized spacial score (nSPS) is 15.6. The zero-order chi connectivity index (χ0) is 19.6. The Morgan fingerprint density at radius 3 is 2.78 bits per heavy atom. The molecule has 2 aromatic rings. The highest BCUT2D eigenvalue weighted by molar-refractivity contribution is 5.99. The molecule has 4 N–H and O–H groups in total. The maximum Gasteiger partial charge on any atom is 0.354 e. The number of nitrogens with zero attached hydrogens (tertiary/aromatic N) is 1. The molecule has 1 aromatic heterocycles. The van der Waals surface area contributed by atoms with Crippen LogP contribution in [0.25, 0.3) is 0 Å². The van der Waals surface area contributed by atoms with Crippen molar-refractivity contribution in [3.8, 4) is 5.75 Å². The molecule has 0 bridgehead atoms. The van der Waals surface area contributed by atoms with Gasteiger partial charge in [-0.25, -0.2) is 4.79 Å². The standard InChI is InChI=1S/C17H18N4O6/c1-26-7-15(23)20-12-3-9-8(10-6-18-21-16(10)17(24)25)4-14(22)19-11(9)5-13(12)27-2/h3,5-6,8H,4,7H2,1-2H3,(H,18,21)(H,19,22)(H,20,23)(H,24,25). The van der Waals surface area contributed by atoms with E-state index in [1.165, 1.54) is 20.4 Å². The number of aromatic carboxylic acids is 1. The maximum absolute atomic E-state index is 12.1. The van der Waals surface area contributed by atoms with Gasteiger partial charge in [-0.15, -0.1) is 0 Å². The summed E-state index contributed by atoms with van der Waals surface area (Å²) in [7, 11) is 2.84. The number of rotatable bonds is 6. The van der Waals surface area contributed by atoms with Gasteiger partial charge in [-0.1, -0.05) is 0 Å². The smallest absolute Gasteiger partial charge is 0.354 e. The topological polar surface area (TPSA) is 143 Å². The number of aromatic amines is 1. The Bertz CT molecular complexity index is 907. The molecular weight excluding hydrogens is 356 g/mol. The van der Waals surface area contributed by atoms with E-state index in [4.69, 9.17) is 9.47 Å². The molecule has 0 saturated heterocycles. The van der Waals surface area contributed by atoms with Gasteiger partial charge in [-0.2, -0.15) is 5.10 Å². The third-order valence-electron chi connectivity index (χ3n) is 4.22. The Labute approximate surface area is 153 Å². The van der Waals surface area contributed by atoms with Crippen molar-refractivity contribution in [3.05, 3.63) is 35.2 Å². The summed E-state index contributed by atoms with van der Waals surface area (Å²) in [6.45, 7) is -0.134. The molecule has 0 radical (unpaired) electrons. The minimum absolute atomic E-state index is 0.0462. The highest BCUT2D eigenvalue weighted by atomic mass is 16.5. The van der Waals surface area contributed by atoms with Crippen molar-refractivity contribution >= 4 is 29.2 Å². The number of carbonyl (C=O) groups is 3. The molecular formula is C17H18N4O6. The molecule has 2 amide bonds. The molecule has 1 aliphatic rings. The largest absolute Gasteiger partial charge is 0.494 e. The van der Waals surface area contributed by atoms with E-state index in [1.807, 2.05) is 0 Å². The third kappa shape index (κ3) is 3.60. The van der Waals surface area contributed by atoms with Gasteiger partial charge in [0.1, 0.15) is 18.1 Å². The van der Waals surface area contributed by atoms with E-state index in [9.17, 15) is 19.5 Å². The lowest BCUT2D eigenvalue weighted by atomic mass is 9.84. The van der Waals surface area contributed by atoms with E-state index < -0.39 is 11.9 Å². The van der Waals surface area contributed by atoms with Gasteiger partial charge in [-0.3, -0.25) is 14.7 Å². The van der Waals surface area contributed by atoms with Crippen LogP contribution in [-0.4, -0.2) is 53.9 Å². The number of H-pyrrole nitrogens is 1. The number of ether oxygens (including phenoxy) is 2. The summed E-state index contributed by atoms with van der Waals surface area (Å²) < 4.78 is 10.1. The summed E-state index contributed by atoms with van der Waals surface area (Å²) in [4.78, 5) is 35.5. The van der Waals surface area contributed by atoms with Crippen LogP contribution in [0.4, 0.5) is 11.4 Å². The van der Waals surface area contributed by atoms with E-state index in [0.717, 1.165) is 0 Å². The van der Waals surface area contributed by atoms with Crippen molar-refractivity contribution in [2.45, 2.75) is 12.3 Å². The first-order valence-electron chi connectivity index (χ1n) is 8.01. The number of carboxylic acids is 1. The number of methoxy groups -OCH3 is 2. The molecule has 0 aliphatic carbocycles. The maximum atomic E-state index is 12.1. The number of nitrogens with one attached hydrogen (secondary N) is 3. The van der Waals surface area contributed by atoms with Crippen molar-refractivity contribution in [1.82, 2.24) is 10.2 Å². The third-order valence-corrected chi connectivity index (χ3v) is 4.22. The summed E-state index contributed by atoms with van der Waals surface area (Å²) in [5, 5.41) is 21.0. The van der Waals surface area contributed by atoms with E-state index in [0.29, 0.717) is 28.3 Å². The molecule has 1 atom stereocenters. The number of hydrogen-bond acceptors (Lipinski definition) is 6. The average molecular weight is 374 g/mol. The molecule has 10 heteroatoms. The fourth-order valence-electron chi connectivity index (χ4n) is 3.08. The predicted octanol–water partition coefficient (Wildman–Crippen LogP) is 1.18. The van der Waals surface area contributed by atoms with Crippen molar-refractivity contribution < 1.29 is 29.0 Å². The van der Waals surface area contributed by atoms with Gasteiger partial charge >= 0.3 is 5.97 Å². The molecule has 142 valence electrons. The first-order chi connectivity index (χ1) is 12.9. The second-order valence-electron chi connectivity index (χ2n) is 5.93. The van der Waals surface area contributed by atoms with E-state index in [1.54, 1.807) is 12.1 Å². The van der Waals surface area contributed by atoms with Crippen LogP contribution in [0.5, 0.6) is 5.75 Å². The lowest BCUT2D eigenvalue weighted by Gasteiger charge is -2.27. The second-order valence-corrected chi connectivity index (χ2v) is 5.93. The lowest BCUT2D eigenvalue weighted by Crippen LogP contribution is -2.25. The van der Waals surface area contributed by atoms with Gasteiger partial charge in [0.15, 0.2) is 0 Å². The van der Waals surface area contributed by atoms with Crippen LogP contribution in [0.2, 0.25) is 0 Å². The van der Waals surface area contributed by atoms with Gasteiger partial charge < -0.3 is 25.2 Å². The number of hydrogen-bond donors (Lipinski definition) is 4. The Hall–Kier alpha value is -3.40. The summed E-state index contributed by atoms with van der Waals surface area (Å²) in [5.74, 6) is -1.99. The number of anilines is 2. The number of fused-ring (bicyclic) bond motifs is 1. The Morgan fingerprint density at radius 1 is 1.33 bits per heavy atom. The number of carboxylic acid groups (broad SMARTS) is 1. The van der Waals surface area contributed by atoms with Gasteiger partial charge in [0.25, 0.3) is 0 Å². The van der Waals surface area contributed by atoms with E-state index in [2.05, 4.69) is 20.8 Å². The van der Waals surface area contributed by atoms with Crippen LogP contribution in [0.1, 0.15) is 34.0 Å². The van der Waals surface area contributed by atoms with E-state index in [-0.39, 0.29) is 30.5 Å². The molecule has 0 fully saturated rings. The molecule has 0 spiro atoms. The zero-order valence-corrected chi connectivity index (χ0v) is 14.7. The highest BCUT2D eigenvalue weighted by Crippen LogP contribution is 2.42. The molecule has 10 nitrogen and oxygen atoms in total. The number of aromatic nitrogens is 2. The molecule has 1 aromatic carbocycles. The predicted molar refractivity (Wildman–Crippen MR) is 94.1 cm³/mol. The zero-order valence-electron chi connectivity index (χ0n) is 14.7. The Balaban J connectivity index is 2.08. The van der Waals surface area contributed by atoms with Crippen molar-refractivity contribution in [3.63, 3.8) is 0 Å². The van der Waals surface area contributed by atoms with Crippen LogP contribution < -0.4 is 15.4 Å². The van der Waals surface area contributed by atoms with Crippen LogP contribution in [-0.2, 0) is 14.3 Å². The molecule has 2 heterocycles. The lowest BCUT2D eigenvalue weighted by molar-refractivity contribution is -0.119. The quantitative estimate of drug-likeness (QED) is 0.594. The van der Waals surface area contributed by atoms with Crippen LogP contribution in [0.3, 0.4) is 0 Å². The summed E-state index contributed by atoms with van der Waals surface area (Å²) in [6.07, 6.45) is 1.44. The molecule has 3 rings (SSSR count). The van der Waals surface area contributed by atoms with Gasteiger partial charge in [0.05, 0.1) is 19.0 Å². The second kappa shape index (κ2) is 7.46. The first-order valence-corrected chi connectivity index (χ1v) is 8.01. The van der Waals surface area contributed by atoms with Crippen molar-refractivity contribution in [2.24, 2.45) is 0 Å². The fourth-order valence-corrected chi connectivity index (χ4v) is 3.08. The average Bonchev–Trinajstić information content (AvgIpc) is 3.11. The fraction of sp³-hybridized carbons (Fsp3) is 0.294. The van der Waals surface area contributed by atoms with Crippen LogP contribution in [0, 0.1) is 0 Å². The van der Waals surface area contributed by atoms with Gasteiger partial charge in [0.2, 0.25) is 11.8 Å². The summed E-state index contributed by atoms with van der Waals surface area (Å²) in [6, 6.07) is 3.24. The SMILES string of the molecule is COCC(=O)Nc1cc2c(cc1OC)NC(=O)CC2c1cn[nH]c1C(=O)O. The number of carbonyl (C=O) groups excluding carboxylic acids is 2.